The summed E-state index contributed by atoms with van der Waals surface area (Å²) in [5, 5.41) is 6.80. The van der Waals surface area contributed by atoms with Crippen LogP contribution in [-0.4, -0.2) is 40.4 Å². The molecule has 2 fully saturated rings. The molecule has 0 spiro atoms. The first-order chi connectivity index (χ1) is 21.6. The number of piperidine rings is 2. The van der Waals surface area contributed by atoms with Gasteiger partial charge in [0, 0.05) is 5.92 Å². The average molecular weight is 597 g/mol. The van der Waals surface area contributed by atoms with Crippen molar-refractivity contribution in [2.75, 3.05) is 40.4 Å². The second-order valence-electron chi connectivity index (χ2n) is 11.4. The summed E-state index contributed by atoms with van der Waals surface area (Å²) in [6.45, 7) is 4.08. The molecule has 4 nitrogen and oxygen atoms in total. The highest BCUT2D eigenvalue weighted by Gasteiger charge is 2.27. The normalized spacial score (nSPS) is 16.0. The predicted octanol–water partition coefficient (Wildman–Crippen LogP) is 7.99. The lowest BCUT2D eigenvalue weighted by Crippen LogP contribution is -2.31. The van der Waals surface area contributed by atoms with Crippen molar-refractivity contribution in [3.63, 3.8) is 0 Å². The van der Waals surface area contributed by atoms with Crippen molar-refractivity contribution in [2.45, 2.75) is 31.6 Å². The molecule has 44 heavy (non-hydrogen) atoms. The highest BCUT2D eigenvalue weighted by atomic mass is 19.1. The third kappa shape index (κ3) is 8.13. The van der Waals surface area contributed by atoms with Gasteiger partial charge in [0.2, 0.25) is 0 Å². The Kier molecular flexibility index (Phi) is 11.2. The Morgan fingerprint density at radius 1 is 0.636 bits per heavy atom. The second-order valence-corrected chi connectivity index (χ2v) is 11.4. The molecule has 1 atom stereocenters. The molecule has 0 radical (unpaired) electrons. The van der Waals surface area contributed by atoms with Gasteiger partial charge in [-0.15, -0.1) is 0 Å². The SMILES string of the molecule is COc1cccc(C(=C2CCNCC2)c2ccc(F)cc2)c1.COc1cccc(C(c2ccc(F)cc2)C2CCNCC2)c1. The summed E-state index contributed by atoms with van der Waals surface area (Å²) in [5.41, 5.74) is 7.24. The zero-order chi connectivity index (χ0) is 30.7. The van der Waals surface area contributed by atoms with Crippen LogP contribution in [0.5, 0.6) is 11.5 Å². The molecule has 2 aliphatic rings. The van der Waals surface area contributed by atoms with E-state index in [2.05, 4.69) is 28.8 Å². The van der Waals surface area contributed by atoms with Gasteiger partial charge >= 0.3 is 0 Å². The van der Waals surface area contributed by atoms with E-state index in [1.54, 1.807) is 26.4 Å². The van der Waals surface area contributed by atoms with Crippen molar-refractivity contribution in [3.8, 4) is 11.5 Å². The van der Waals surface area contributed by atoms with Gasteiger partial charge in [-0.25, -0.2) is 8.78 Å². The molecule has 1 unspecified atom stereocenters. The van der Waals surface area contributed by atoms with Crippen molar-refractivity contribution in [1.82, 2.24) is 10.6 Å². The van der Waals surface area contributed by atoms with Gasteiger partial charge in [0.1, 0.15) is 23.1 Å². The maximum atomic E-state index is 13.3. The minimum atomic E-state index is -0.205. The number of nitrogens with one attached hydrogen (secondary N) is 2. The molecule has 2 heterocycles. The first kappa shape index (κ1) is 31.4. The Morgan fingerprint density at radius 2 is 1.20 bits per heavy atom. The monoisotopic (exact) mass is 596 g/mol. The van der Waals surface area contributed by atoms with Crippen molar-refractivity contribution >= 4 is 5.57 Å². The van der Waals surface area contributed by atoms with E-state index in [1.807, 2.05) is 54.6 Å². The zero-order valence-corrected chi connectivity index (χ0v) is 25.6. The van der Waals surface area contributed by atoms with Crippen LogP contribution in [0, 0.1) is 17.6 Å². The van der Waals surface area contributed by atoms with Gasteiger partial charge in [-0.2, -0.15) is 0 Å². The molecule has 0 aromatic heterocycles. The summed E-state index contributed by atoms with van der Waals surface area (Å²) < 4.78 is 37.3. The highest BCUT2D eigenvalue weighted by Crippen LogP contribution is 2.38. The molecule has 0 bridgehead atoms. The summed E-state index contributed by atoms with van der Waals surface area (Å²) in [5.74, 6) is 2.18. The quantitative estimate of drug-likeness (QED) is 0.227. The van der Waals surface area contributed by atoms with E-state index in [1.165, 1.54) is 34.4 Å². The predicted molar refractivity (Wildman–Crippen MR) is 174 cm³/mol. The summed E-state index contributed by atoms with van der Waals surface area (Å²) in [4.78, 5) is 0. The van der Waals surface area contributed by atoms with E-state index in [0.29, 0.717) is 5.92 Å². The van der Waals surface area contributed by atoms with Crippen LogP contribution >= 0.6 is 0 Å². The summed E-state index contributed by atoms with van der Waals surface area (Å²) in [6, 6.07) is 30.1. The average Bonchev–Trinajstić information content (AvgIpc) is 3.08. The molecular weight excluding hydrogens is 554 g/mol. The summed E-state index contributed by atoms with van der Waals surface area (Å²) in [7, 11) is 3.37. The van der Waals surface area contributed by atoms with E-state index >= 15 is 0 Å². The minimum Gasteiger partial charge on any atom is -0.497 e. The Hall–Kier alpha value is -4.00. The van der Waals surface area contributed by atoms with Crippen molar-refractivity contribution < 1.29 is 18.3 Å². The van der Waals surface area contributed by atoms with Crippen LogP contribution < -0.4 is 20.1 Å². The van der Waals surface area contributed by atoms with Crippen molar-refractivity contribution in [2.24, 2.45) is 5.92 Å². The molecule has 4 aromatic rings. The van der Waals surface area contributed by atoms with E-state index in [-0.39, 0.29) is 17.6 Å². The van der Waals surface area contributed by atoms with Crippen LogP contribution in [0.25, 0.3) is 5.57 Å². The second kappa shape index (κ2) is 15.6. The topological polar surface area (TPSA) is 42.5 Å². The fourth-order valence-corrected chi connectivity index (χ4v) is 6.37. The lowest BCUT2D eigenvalue weighted by atomic mass is 9.76. The summed E-state index contributed by atoms with van der Waals surface area (Å²) in [6.07, 6.45) is 4.31. The number of halogens is 2. The van der Waals surface area contributed by atoms with E-state index in [4.69, 9.17) is 9.47 Å². The Labute approximate surface area is 260 Å². The minimum absolute atomic E-state index is 0.182. The zero-order valence-electron chi connectivity index (χ0n) is 25.6. The molecule has 2 saturated heterocycles. The van der Waals surface area contributed by atoms with Crippen LogP contribution in [0.2, 0.25) is 0 Å². The van der Waals surface area contributed by atoms with Crippen molar-refractivity contribution in [3.05, 3.63) is 137 Å². The lowest BCUT2D eigenvalue weighted by Gasteiger charge is -2.31. The van der Waals surface area contributed by atoms with E-state index in [0.717, 1.165) is 74.5 Å². The smallest absolute Gasteiger partial charge is 0.123 e. The standard InChI is InChI=1S/C19H22FNO.C19H20FNO/c2*1-22-18-4-2-3-16(13-18)19(15-9-11-21-12-10-15)14-5-7-17(20)8-6-14/h2-8,13,15,19,21H,9-12H2,1H3;2-8,13,21H,9-12H2,1H3. The molecule has 6 heteroatoms. The maximum Gasteiger partial charge on any atom is 0.123 e. The van der Waals surface area contributed by atoms with Crippen molar-refractivity contribution in [1.29, 1.82) is 0 Å². The third-order valence-electron chi connectivity index (χ3n) is 8.59. The van der Waals surface area contributed by atoms with Crippen LogP contribution in [-0.2, 0) is 0 Å². The Balaban J connectivity index is 0.000000175. The van der Waals surface area contributed by atoms with Gasteiger partial charge in [-0.3, -0.25) is 0 Å². The third-order valence-corrected chi connectivity index (χ3v) is 8.59. The fourth-order valence-electron chi connectivity index (χ4n) is 6.37. The van der Waals surface area contributed by atoms with Gasteiger partial charge in [0.15, 0.2) is 0 Å². The molecular formula is C38H42F2N2O2. The van der Waals surface area contributed by atoms with E-state index in [9.17, 15) is 8.78 Å². The number of ether oxygens (including phenoxy) is 2. The van der Waals surface area contributed by atoms with Gasteiger partial charge in [0.25, 0.3) is 0 Å². The highest BCUT2D eigenvalue weighted by molar-refractivity contribution is 5.82. The van der Waals surface area contributed by atoms with Crippen LogP contribution in [0.1, 0.15) is 53.9 Å². The van der Waals surface area contributed by atoms with Crippen LogP contribution in [0.3, 0.4) is 0 Å². The van der Waals surface area contributed by atoms with Gasteiger partial charge in [0.05, 0.1) is 14.2 Å². The number of benzene rings is 4. The largest absolute Gasteiger partial charge is 0.497 e. The van der Waals surface area contributed by atoms with E-state index < -0.39 is 0 Å². The molecule has 0 amide bonds. The first-order valence-corrected chi connectivity index (χ1v) is 15.5. The summed E-state index contributed by atoms with van der Waals surface area (Å²) >= 11 is 0. The molecule has 0 aliphatic carbocycles. The Morgan fingerprint density at radius 3 is 1.84 bits per heavy atom. The first-order valence-electron chi connectivity index (χ1n) is 15.5. The number of hydrogen-bond acceptors (Lipinski definition) is 4. The van der Waals surface area contributed by atoms with Gasteiger partial charge in [-0.1, -0.05) is 54.1 Å². The van der Waals surface area contributed by atoms with Crippen LogP contribution in [0.4, 0.5) is 8.78 Å². The number of rotatable bonds is 7. The fraction of sp³-hybridized carbons (Fsp3) is 0.316. The number of hydrogen-bond donors (Lipinski definition) is 2. The lowest BCUT2D eigenvalue weighted by molar-refractivity contribution is 0.341. The molecule has 2 aliphatic heterocycles. The molecule has 2 N–H and O–H groups in total. The molecule has 230 valence electrons. The van der Waals surface area contributed by atoms with Crippen LogP contribution in [0.15, 0.2) is 103 Å². The molecule has 6 rings (SSSR count). The maximum absolute atomic E-state index is 13.3. The Bertz CT molecular complexity index is 1500. The molecule has 0 saturated carbocycles. The number of methoxy groups -OCH3 is 2. The molecule has 4 aromatic carbocycles. The van der Waals surface area contributed by atoms with Gasteiger partial charge in [-0.05, 0) is 134 Å². The van der Waals surface area contributed by atoms with Gasteiger partial charge < -0.3 is 20.1 Å².